The van der Waals surface area contributed by atoms with Gasteiger partial charge in [-0.15, -0.1) is 0 Å². The van der Waals surface area contributed by atoms with Crippen LogP contribution in [0.1, 0.15) is 15.9 Å². The first-order valence-corrected chi connectivity index (χ1v) is 8.89. The fourth-order valence-electron chi connectivity index (χ4n) is 1.83. The second kappa shape index (κ2) is 7.34. The minimum Gasteiger partial charge on any atom is -0.310 e. The number of amides is 1. The molecule has 1 amide bonds. The molecule has 24 heavy (non-hydrogen) atoms. The van der Waals surface area contributed by atoms with Gasteiger partial charge >= 0.3 is 0 Å². The normalized spacial score (nSPS) is 11.0. The number of benzene rings is 2. The number of halogens is 3. The third-order valence-electron chi connectivity index (χ3n) is 3.11. The highest BCUT2D eigenvalue weighted by atomic mass is 35.5. The van der Waals surface area contributed by atoms with Crippen LogP contribution in [0.4, 0.5) is 4.39 Å². The maximum absolute atomic E-state index is 13.0. The van der Waals surface area contributed by atoms with E-state index in [-0.39, 0.29) is 10.5 Å². The summed E-state index contributed by atoms with van der Waals surface area (Å²) in [5.41, 5.74) is 1.18. The van der Waals surface area contributed by atoms with E-state index < -0.39 is 31.1 Å². The van der Waals surface area contributed by atoms with Gasteiger partial charge in [0.25, 0.3) is 5.91 Å². The Hall–Kier alpha value is -1.89. The summed E-state index contributed by atoms with van der Waals surface area (Å²) >= 11 is 11.3. The zero-order valence-corrected chi connectivity index (χ0v) is 14.7. The molecule has 1 N–H and O–H groups in total. The van der Waals surface area contributed by atoms with Crippen molar-refractivity contribution in [3.8, 4) is 0 Å². The molecule has 2 rings (SSSR count). The Morgan fingerprint density at radius 1 is 1.00 bits per heavy atom. The highest BCUT2D eigenvalue weighted by Gasteiger charge is 2.26. The molecule has 8 heteroatoms. The topological polar surface area (TPSA) is 63.2 Å². The summed E-state index contributed by atoms with van der Waals surface area (Å²) in [6.07, 6.45) is 0. The molecule has 2 aromatic rings. The molecular formula is C16H12Cl2FNO3S. The standard InChI is InChI=1S/C16H12Cl2FNO3S/c1-10-2-4-11(5-3-10)15(21)20-16(14(17)18)24(22,23)13-8-6-12(19)7-9-13/h2-9H,1H3,(H,20,21). The number of sulfone groups is 1. The Morgan fingerprint density at radius 2 is 1.54 bits per heavy atom. The molecule has 0 spiro atoms. The van der Waals surface area contributed by atoms with E-state index in [2.05, 4.69) is 5.32 Å². The maximum Gasteiger partial charge on any atom is 0.256 e. The molecule has 0 unspecified atom stereocenters. The van der Waals surface area contributed by atoms with Crippen molar-refractivity contribution in [1.29, 1.82) is 0 Å². The van der Waals surface area contributed by atoms with Crippen LogP contribution in [0.15, 0.2) is 62.9 Å². The number of nitrogens with one attached hydrogen (secondary N) is 1. The summed E-state index contributed by atoms with van der Waals surface area (Å²) < 4.78 is 37.4. The molecule has 0 fully saturated rings. The monoisotopic (exact) mass is 387 g/mol. The van der Waals surface area contributed by atoms with Crippen LogP contribution in [0, 0.1) is 12.7 Å². The van der Waals surface area contributed by atoms with Gasteiger partial charge in [0.15, 0.2) is 5.03 Å². The van der Waals surface area contributed by atoms with Crippen molar-refractivity contribution in [2.75, 3.05) is 0 Å². The van der Waals surface area contributed by atoms with E-state index in [1.807, 2.05) is 6.92 Å². The lowest BCUT2D eigenvalue weighted by molar-refractivity contribution is 0.0968. The summed E-state index contributed by atoms with van der Waals surface area (Å²) in [5.74, 6) is -1.28. The zero-order valence-electron chi connectivity index (χ0n) is 12.4. The van der Waals surface area contributed by atoms with Crippen LogP contribution >= 0.6 is 23.2 Å². The van der Waals surface area contributed by atoms with Crippen LogP contribution in [0.2, 0.25) is 0 Å². The first-order valence-electron chi connectivity index (χ1n) is 6.66. The average molecular weight is 388 g/mol. The van der Waals surface area contributed by atoms with Gasteiger partial charge in [0.2, 0.25) is 9.84 Å². The molecule has 0 heterocycles. The maximum atomic E-state index is 13.0. The van der Waals surface area contributed by atoms with Crippen molar-refractivity contribution >= 4 is 38.9 Å². The quantitative estimate of drug-likeness (QED) is 0.807. The van der Waals surface area contributed by atoms with Crippen molar-refractivity contribution < 1.29 is 17.6 Å². The van der Waals surface area contributed by atoms with Gasteiger partial charge in [-0.2, -0.15) is 0 Å². The minimum absolute atomic E-state index is 0.238. The minimum atomic E-state index is -4.21. The predicted molar refractivity (Wildman–Crippen MR) is 91.0 cm³/mol. The van der Waals surface area contributed by atoms with Gasteiger partial charge in [0.05, 0.1) is 4.90 Å². The first-order chi connectivity index (χ1) is 11.2. The van der Waals surface area contributed by atoms with Crippen LogP contribution in [0.5, 0.6) is 0 Å². The molecule has 0 aliphatic carbocycles. The molecule has 0 saturated carbocycles. The summed E-state index contributed by atoms with van der Waals surface area (Å²) in [6.45, 7) is 1.85. The Labute approximate surface area is 148 Å². The van der Waals surface area contributed by atoms with Crippen molar-refractivity contribution in [3.05, 3.63) is 75.0 Å². The van der Waals surface area contributed by atoms with Crippen LogP contribution in [0.25, 0.3) is 0 Å². The van der Waals surface area contributed by atoms with Gasteiger partial charge in [0, 0.05) is 5.56 Å². The van der Waals surface area contributed by atoms with Gasteiger partial charge in [-0.3, -0.25) is 4.79 Å². The molecule has 0 atom stereocenters. The van der Waals surface area contributed by atoms with E-state index in [9.17, 15) is 17.6 Å². The molecule has 0 aliphatic rings. The van der Waals surface area contributed by atoms with Crippen molar-refractivity contribution in [2.45, 2.75) is 11.8 Å². The second-order valence-electron chi connectivity index (χ2n) is 4.87. The number of hydrogen-bond donors (Lipinski definition) is 1. The predicted octanol–water partition coefficient (Wildman–Crippen LogP) is 3.94. The van der Waals surface area contributed by atoms with Gasteiger partial charge in [-0.1, -0.05) is 40.9 Å². The number of hydrogen-bond acceptors (Lipinski definition) is 3. The Bertz CT molecular complexity index is 888. The van der Waals surface area contributed by atoms with Crippen molar-refractivity contribution in [3.63, 3.8) is 0 Å². The van der Waals surface area contributed by atoms with E-state index in [0.717, 1.165) is 29.8 Å². The Morgan fingerprint density at radius 3 is 2.04 bits per heavy atom. The Kier molecular flexibility index (Phi) is 5.64. The highest BCUT2D eigenvalue weighted by molar-refractivity contribution is 7.95. The molecule has 0 aliphatic heterocycles. The lowest BCUT2D eigenvalue weighted by Crippen LogP contribution is -2.28. The zero-order chi connectivity index (χ0) is 17.9. The molecule has 0 radical (unpaired) electrons. The molecule has 2 aromatic carbocycles. The van der Waals surface area contributed by atoms with Gasteiger partial charge in [-0.25, -0.2) is 12.8 Å². The van der Waals surface area contributed by atoms with Crippen LogP contribution < -0.4 is 5.32 Å². The van der Waals surface area contributed by atoms with Gasteiger partial charge < -0.3 is 5.32 Å². The lowest BCUT2D eigenvalue weighted by atomic mass is 10.1. The summed E-state index contributed by atoms with van der Waals surface area (Å²) in [5, 5.41) is 1.54. The van der Waals surface area contributed by atoms with Crippen LogP contribution in [-0.2, 0) is 9.84 Å². The fourth-order valence-corrected chi connectivity index (χ4v) is 3.69. The van der Waals surface area contributed by atoms with Gasteiger partial charge in [-0.05, 0) is 43.3 Å². The van der Waals surface area contributed by atoms with E-state index >= 15 is 0 Å². The SMILES string of the molecule is Cc1ccc(C(=O)NC(=C(Cl)Cl)S(=O)(=O)c2ccc(F)cc2)cc1. The smallest absolute Gasteiger partial charge is 0.256 e. The lowest BCUT2D eigenvalue weighted by Gasteiger charge is -2.11. The number of aryl methyl sites for hydroxylation is 1. The van der Waals surface area contributed by atoms with Gasteiger partial charge in [0.1, 0.15) is 10.3 Å². The van der Waals surface area contributed by atoms with E-state index in [1.54, 1.807) is 12.1 Å². The average Bonchev–Trinajstić information content (AvgIpc) is 2.53. The second-order valence-corrected chi connectivity index (χ2v) is 7.70. The fraction of sp³-hybridized carbons (Fsp3) is 0.0625. The molecule has 0 saturated heterocycles. The largest absolute Gasteiger partial charge is 0.310 e. The van der Waals surface area contributed by atoms with Crippen LogP contribution in [-0.4, -0.2) is 14.3 Å². The van der Waals surface area contributed by atoms with Crippen molar-refractivity contribution in [1.82, 2.24) is 5.32 Å². The van der Waals surface area contributed by atoms with E-state index in [0.29, 0.717) is 0 Å². The molecule has 0 aromatic heterocycles. The highest BCUT2D eigenvalue weighted by Crippen LogP contribution is 2.25. The molecule has 0 bridgehead atoms. The van der Waals surface area contributed by atoms with E-state index in [4.69, 9.17) is 23.2 Å². The molecule has 126 valence electrons. The van der Waals surface area contributed by atoms with E-state index in [1.165, 1.54) is 12.1 Å². The number of carbonyl (C=O) groups is 1. The van der Waals surface area contributed by atoms with Crippen molar-refractivity contribution in [2.24, 2.45) is 0 Å². The Balaban J connectivity index is 2.36. The first kappa shape index (κ1) is 18.4. The molecular weight excluding hydrogens is 376 g/mol. The third-order valence-corrected chi connectivity index (χ3v) is 5.44. The summed E-state index contributed by atoms with van der Waals surface area (Å²) in [6, 6.07) is 10.6. The number of carbonyl (C=O) groups excluding carboxylic acids is 1. The van der Waals surface area contributed by atoms with Crippen LogP contribution in [0.3, 0.4) is 0 Å². The summed E-state index contributed by atoms with van der Waals surface area (Å²) in [4.78, 5) is 12.0. The number of rotatable bonds is 4. The molecule has 4 nitrogen and oxygen atoms in total. The third kappa shape index (κ3) is 4.14. The summed E-state index contributed by atoms with van der Waals surface area (Å²) in [7, 11) is -4.21.